The number of hydrogen-bond acceptors (Lipinski definition) is 2. The lowest BCUT2D eigenvalue weighted by Gasteiger charge is -2.14. The van der Waals surface area contributed by atoms with Crippen LogP contribution in [0.1, 0.15) is 31.2 Å². The molecule has 22 heavy (non-hydrogen) atoms. The highest BCUT2D eigenvalue weighted by atomic mass is 35.5. The predicted molar refractivity (Wildman–Crippen MR) is 89.5 cm³/mol. The van der Waals surface area contributed by atoms with Gasteiger partial charge in [-0.05, 0) is 36.2 Å². The molecule has 3 nitrogen and oxygen atoms in total. The molecule has 0 aliphatic rings. The van der Waals surface area contributed by atoms with E-state index in [1.165, 1.54) is 0 Å². The van der Waals surface area contributed by atoms with Gasteiger partial charge in [-0.25, -0.2) is 4.98 Å². The molecule has 0 radical (unpaired) electrons. The highest BCUT2D eigenvalue weighted by Gasteiger charge is 2.22. The average molecular weight is 314 g/mol. The number of halogens is 1. The maximum atomic E-state index is 11.5. The molecular formula is C18H16ClNO2. The van der Waals surface area contributed by atoms with Gasteiger partial charge < -0.3 is 5.11 Å². The second kappa shape index (κ2) is 5.93. The van der Waals surface area contributed by atoms with Gasteiger partial charge in [0.15, 0.2) is 0 Å². The minimum absolute atomic E-state index is 0.491. The molecule has 0 aliphatic carbocycles. The van der Waals surface area contributed by atoms with Crippen LogP contribution in [0.3, 0.4) is 0 Å². The fourth-order valence-electron chi connectivity index (χ4n) is 2.78. The minimum atomic E-state index is -0.844. The van der Waals surface area contributed by atoms with E-state index in [2.05, 4.69) is 4.98 Å². The third kappa shape index (κ3) is 2.64. The molecule has 0 spiro atoms. The molecule has 1 heterocycles. The van der Waals surface area contributed by atoms with Crippen LogP contribution in [0, 0.1) is 0 Å². The molecule has 1 unspecified atom stereocenters. The van der Waals surface area contributed by atoms with E-state index in [0.717, 1.165) is 28.2 Å². The molecule has 1 aromatic heterocycles. The third-order valence-corrected chi connectivity index (χ3v) is 4.21. The van der Waals surface area contributed by atoms with Crippen LogP contribution in [0.5, 0.6) is 0 Å². The number of fused-ring (bicyclic) bond motifs is 2. The Labute approximate surface area is 133 Å². The van der Waals surface area contributed by atoms with E-state index in [1.54, 1.807) is 0 Å². The van der Waals surface area contributed by atoms with Crippen LogP contribution < -0.4 is 0 Å². The number of rotatable bonds is 4. The zero-order valence-corrected chi connectivity index (χ0v) is 13.0. The highest BCUT2D eigenvalue weighted by Crippen LogP contribution is 2.33. The van der Waals surface area contributed by atoms with E-state index >= 15 is 0 Å². The SMILES string of the molecule is CCCC(C(=O)O)c1cc2nc3ccccc3cc2cc1Cl. The first-order valence-electron chi connectivity index (χ1n) is 7.32. The summed E-state index contributed by atoms with van der Waals surface area (Å²) < 4.78 is 0. The first-order chi connectivity index (χ1) is 10.6. The number of para-hydroxylation sites is 1. The van der Waals surface area contributed by atoms with Gasteiger partial charge in [-0.15, -0.1) is 0 Å². The number of carbonyl (C=O) groups is 1. The van der Waals surface area contributed by atoms with Crippen LogP contribution in [0.4, 0.5) is 0 Å². The van der Waals surface area contributed by atoms with Crippen molar-refractivity contribution in [2.45, 2.75) is 25.7 Å². The van der Waals surface area contributed by atoms with Gasteiger partial charge in [0.1, 0.15) is 0 Å². The van der Waals surface area contributed by atoms with Crippen molar-refractivity contribution in [1.82, 2.24) is 4.98 Å². The van der Waals surface area contributed by atoms with Crippen molar-refractivity contribution in [2.24, 2.45) is 0 Å². The maximum Gasteiger partial charge on any atom is 0.311 e. The van der Waals surface area contributed by atoms with Crippen molar-refractivity contribution in [1.29, 1.82) is 0 Å². The monoisotopic (exact) mass is 313 g/mol. The zero-order chi connectivity index (χ0) is 15.7. The summed E-state index contributed by atoms with van der Waals surface area (Å²) in [7, 11) is 0. The van der Waals surface area contributed by atoms with E-state index in [9.17, 15) is 9.90 Å². The number of benzene rings is 2. The average Bonchev–Trinajstić information content (AvgIpc) is 2.50. The normalized spacial score (nSPS) is 12.6. The molecule has 0 aliphatic heterocycles. The van der Waals surface area contributed by atoms with Crippen molar-refractivity contribution in [3.05, 3.63) is 53.1 Å². The molecule has 3 aromatic rings. The second-order valence-corrected chi connectivity index (χ2v) is 5.83. The lowest BCUT2D eigenvalue weighted by molar-refractivity contribution is -0.139. The van der Waals surface area contributed by atoms with Crippen LogP contribution >= 0.6 is 11.6 Å². The summed E-state index contributed by atoms with van der Waals surface area (Å²) in [4.78, 5) is 16.1. The largest absolute Gasteiger partial charge is 0.481 e. The van der Waals surface area contributed by atoms with E-state index < -0.39 is 11.9 Å². The van der Waals surface area contributed by atoms with E-state index in [0.29, 0.717) is 17.0 Å². The predicted octanol–water partition coefficient (Wildman–Crippen LogP) is 5.01. The Morgan fingerprint density at radius 2 is 1.95 bits per heavy atom. The summed E-state index contributed by atoms with van der Waals surface area (Å²) in [6.07, 6.45) is 1.35. The lowest BCUT2D eigenvalue weighted by atomic mass is 9.93. The molecule has 0 fully saturated rings. The smallest absolute Gasteiger partial charge is 0.311 e. The van der Waals surface area contributed by atoms with Crippen LogP contribution in [0.2, 0.25) is 5.02 Å². The van der Waals surface area contributed by atoms with Crippen LogP contribution in [0.15, 0.2) is 42.5 Å². The Balaban J connectivity index is 2.21. The standard InChI is InChI=1S/C18H16ClNO2/c1-2-5-13(18(21)22)14-10-17-12(9-15(14)19)8-11-6-3-4-7-16(11)20-17/h3-4,6-10,13H,2,5H2,1H3,(H,21,22). The summed E-state index contributed by atoms with van der Waals surface area (Å²) in [5.41, 5.74) is 2.32. The fourth-order valence-corrected chi connectivity index (χ4v) is 3.09. The maximum absolute atomic E-state index is 11.5. The number of aromatic nitrogens is 1. The number of hydrogen-bond donors (Lipinski definition) is 1. The molecule has 3 rings (SSSR count). The topological polar surface area (TPSA) is 50.2 Å². The molecule has 112 valence electrons. The zero-order valence-electron chi connectivity index (χ0n) is 12.2. The van der Waals surface area contributed by atoms with Crippen molar-refractivity contribution >= 4 is 39.4 Å². The molecule has 1 N–H and O–H groups in total. The second-order valence-electron chi connectivity index (χ2n) is 5.43. The van der Waals surface area contributed by atoms with Gasteiger partial charge in [-0.3, -0.25) is 4.79 Å². The Kier molecular flexibility index (Phi) is 3.99. The Bertz CT molecular complexity index is 860. The number of aliphatic carboxylic acids is 1. The lowest BCUT2D eigenvalue weighted by Crippen LogP contribution is -2.12. The van der Waals surface area contributed by atoms with Gasteiger partial charge in [0, 0.05) is 15.8 Å². The van der Waals surface area contributed by atoms with Crippen molar-refractivity contribution in [2.75, 3.05) is 0 Å². The molecule has 4 heteroatoms. The van der Waals surface area contributed by atoms with Crippen molar-refractivity contribution in [3.63, 3.8) is 0 Å². The molecule has 1 atom stereocenters. The summed E-state index contributed by atoms with van der Waals surface area (Å²) in [5.74, 6) is -1.43. The van der Waals surface area contributed by atoms with Crippen LogP contribution in [0.25, 0.3) is 21.8 Å². The molecule has 0 saturated heterocycles. The van der Waals surface area contributed by atoms with Crippen molar-refractivity contribution in [3.8, 4) is 0 Å². The molecular weight excluding hydrogens is 298 g/mol. The summed E-state index contributed by atoms with van der Waals surface area (Å²) in [5, 5.41) is 11.9. The Morgan fingerprint density at radius 3 is 2.68 bits per heavy atom. The van der Waals surface area contributed by atoms with Gasteiger partial charge >= 0.3 is 5.97 Å². The number of nitrogens with zero attached hydrogens (tertiary/aromatic N) is 1. The van der Waals surface area contributed by atoms with Gasteiger partial charge in [0.2, 0.25) is 0 Å². The van der Waals surface area contributed by atoms with E-state index in [-0.39, 0.29) is 0 Å². The molecule has 0 bridgehead atoms. The summed E-state index contributed by atoms with van der Waals surface area (Å²) in [6, 6.07) is 13.5. The van der Waals surface area contributed by atoms with Gasteiger partial charge in [0.25, 0.3) is 0 Å². The fraction of sp³-hybridized carbons (Fsp3) is 0.222. The first-order valence-corrected chi connectivity index (χ1v) is 7.69. The Morgan fingerprint density at radius 1 is 1.18 bits per heavy atom. The van der Waals surface area contributed by atoms with Gasteiger partial charge in [-0.2, -0.15) is 0 Å². The first kappa shape index (κ1) is 14.8. The highest BCUT2D eigenvalue weighted by molar-refractivity contribution is 6.32. The number of pyridine rings is 1. The quantitative estimate of drug-likeness (QED) is 0.689. The Hall–Kier alpha value is -2.13. The third-order valence-electron chi connectivity index (χ3n) is 3.89. The molecule has 0 saturated carbocycles. The molecule has 0 amide bonds. The summed E-state index contributed by atoms with van der Waals surface area (Å²) >= 11 is 6.34. The van der Waals surface area contributed by atoms with E-state index in [4.69, 9.17) is 11.6 Å². The van der Waals surface area contributed by atoms with Crippen LogP contribution in [-0.2, 0) is 4.79 Å². The van der Waals surface area contributed by atoms with Crippen molar-refractivity contribution < 1.29 is 9.90 Å². The van der Waals surface area contributed by atoms with E-state index in [1.807, 2.05) is 49.4 Å². The molecule has 2 aromatic carbocycles. The van der Waals surface area contributed by atoms with Gasteiger partial charge in [-0.1, -0.05) is 43.1 Å². The summed E-state index contributed by atoms with van der Waals surface area (Å²) in [6.45, 7) is 1.97. The number of carboxylic acid groups (broad SMARTS) is 1. The number of carboxylic acids is 1. The van der Waals surface area contributed by atoms with Crippen LogP contribution in [-0.4, -0.2) is 16.1 Å². The minimum Gasteiger partial charge on any atom is -0.481 e. The van der Waals surface area contributed by atoms with Gasteiger partial charge in [0.05, 0.1) is 17.0 Å².